The van der Waals surface area contributed by atoms with Crippen LogP contribution >= 0.6 is 0 Å². The Bertz CT molecular complexity index is 1330. The number of hydrogen-bond acceptors (Lipinski definition) is 8. The van der Waals surface area contributed by atoms with Gasteiger partial charge in [0.2, 0.25) is 0 Å². The number of carbonyl (C=O) groups excluding carboxylic acids is 1. The maximum atomic E-state index is 13.3. The standard InChI is InChI=1S/C25H30N4O5S/c1-4-33-25(30)29-35(31,5-2)19-11-6-8-17(12-19)15-34-23-14-21-20(13-22(23)32-3)24(27-16-26-21)28-18-9-7-10-18/h6,8,11-14,16,18H,4-5,7,9-10,15H2,1-3H3,(H,26,27,28). The molecule has 35 heavy (non-hydrogen) atoms. The number of nitrogens with one attached hydrogen (secondary N) is 1. The highest BCUT2D eigenvalue weighted by Crippen LogP contribution is 2.35. The topological polar surface area (TPSA) is 112 Å². The largest absolute Gasteiger partial charge is 0.493 e. The van der Waals surface area contributed by atoms with E-state index in [-0.39, 0.29) is 19.0 Å². The van der Waals surface area contributed by atoms with Crippen molar-refractivity contribution in [3.8, 4) is 11.5 Å². The minimum Gasteiger partial charge on any atom is -0.493 e. The van der Waals surface area contributed by atoms with Crippen LogP contribution in [0, 0.1) is 0 Å². The molecular formula is C25H30N4O5S. The second-order valence-electron chi connectivity index (χ2n) is 8.17. The number of rotatable bonds is 9. The molecule has 0 saturated heterocycles. The van der Waals surface area contributed by atoms with Gasteiger partial charge in [-0.05, 0) is 49.9 Å². The zero-order valence-corrected chi connectivity index (χ0v) is 21.0. The first-order valence-corrected chi connectivity index (χ1v) is 13.4. The molecule has 3 aromatic rings. The van der Waals surface area contributed by atoms with Gasteiger partial charge in [-0.15, -0.1) is 4.36 Å². The van der Waals surface area contributed by atoms with Crippen molar-refractivity contribution in [2.75, 3.05) is 24.8 Å². The van der Waals surface area contributed by atoms with Crippen LogP contribution in [0.4, 0.5) is 10.6 Å². The molecule has 1 amide bonds. The van der Waals surface area contributed by atoms with Gasteiger partial charge in [-0.3, -0.25) is 0 Å². The van der Waals surface area contributed by atoms with Crippen molar-refractivity contribution in [1.29, 1.82) is 0 Å². The predicted molar refractivity (Wildman–Crippen MR) is 135 cm³/mol. The van der Waals surface area contributed by atoms with E-state index >= 15 is 0 Å². The normalized spacial score (nSPS) is 15.1. The van der Waals surface area contributed by atoms with E-state index < -0.39 is 15.8 Å². The van der Waals surface area contributed by atoms with Gasteiger partial charge in [0.1, 0.15) is 18.8 Å². The molecule has 1 atom stereocenters. The van der Waals surface area contributed by atoms with Crippen LogP contribution < -0.4 is 14.8 Å². The van der Waals surface area contributed by atoms with Gasteiger partial charge in [-0.2, -0.15) is 0 Å². The lowest BCUT2D eigenvalue weighted by molar-refractivity contribution is 0.164. The zero-order chi connectivity index (χ0) is 24.8. The molecule has 2 aromatic carbocycles. The monoisotopic (exact) mass is 498 g/mol. The maximum absolute atomic E-state index is 13.3. The van der Waals surface area contributed by atoms with Gasteiger partial charge in [0, 0.05) is 28.1 Å². The molecule has 0 aliphatic heterocycles. The Balaban J connectivity index is 1.57. The van der Waals surface area contributed by atoms with Gasteiger partial charge in [0.15, 0.2) is 11.5 Å². The van der Waals surface area contributed by atoms with Crippen LogP contribution in [0.15, 0.2) is 52.0 Å². The first-order chi connectivity index (χ1) is 17.0. The summed E-state index contributed by atoms with van der Waals surface area (Å²) in [5.41, 5.74) is 1.52. The van der Waals surface area contributed by atoms with Crippen LogP contribution in [0.3, 0.4) is 0 Å². The third-order valence-corrected chi connectivity index (χ3v) is 8.13. The zero-order valence-electron chi connectivity index (χ0n) is 20.2. The van der Waals surface area contributed by atoms with Crippen molar-refractivity contribution in [3.05, 3.63) is 48.3 Å². The lowest BCUT2D eigenvalue weighted by Crippen LogP contribution is -2.27. The van der Waals surface area contributed by atoms with Crippen molar-refractivity contribution >= 4 is 32.5 Å². The van der Waals surface area contributed by atoms with Crippen LogP contribution in [-0.2, 0) is 21.1 Å². The highest BCUT2D eigenvalue weighted by Gasteiger charge is 2.20. The van der Waals surface area contributed by atoms with Gasteiger partial charge in [0.05, 0.1) is 29.0 Å². The number of nitrogens with zero attached hydrogens (tertiary/aromatic N) is 3. The number of benzene rings is 2. The maximum Gasteiger partial charge on any atom is 0.442 e. The SMILES string of the molecule is CCOC(=O)N=S(=O)(CC)c1cccc(COc2cc3ncnc(NC4CCC4)c3cc2OC)c1. The van der Waals surface area contributed by atoms with Crippen LogP contribution in [-0.4, -0.2) is 45.8 Å². The van der Waals surface area contributed by atoms with Gasteiger partial charge >= 0.3 is 6.09 Å². The van der Waals surface area contributed by atoms with E-state index in [9.17, 15) is 9.00 Å². The Morgan fingerprint density at radius 3 is 2.69 bits per heavy atom. The number of carbonyl (C=O) groups is 1. The Kier molecular flexibility index (Phi) is 7.70. The second-order valence-corrected chi connectivity index (χ2v) is 10.7. The van der Waals surface area contributed by atoms with Crippen LogP contribution in [0.2, 0.25) is 0 Å². The average Bonchev–Trinajstić information content (AvgIpc) is 2.84. The number of aromatic nitrogens is 2. The number of amides is 1. The van der Waals surface area contributed by atoms with Crippen LogP contribution in [0.25, 0.3) is 10.9 Å². The fraction of sp³-hybridized carbons (Fsp3) is 0.400. The summed E-state index contributed by atoms with van der Waals surface area (Å²) < 4.78 is 33.6. The molecule has 186 valence electrons. The molecule has 9 nitrogen and oxygen atoms in total. The molecule has 4 rings (SSSR count). The molecule has 1 aliphatic rings. The summed E-state index contributed by atoms with van der Waals surface area (Å²) in [6.45, 7) is 3.78. The van der Waals surface area contributed by atoms with Crippen molar-refractivity contribution in [3.63, 3.8) is 0 Å². The van der Waals surface area contributed by atoms with E-state index in [1.54, 1.807) is 39.2 Å². The van der Waals surface area contributed by atoms with Crippen LogP contribution in [0.1, 0.15) is 38.7 Å². The van der Waals surface area contributed by atoms with E-state index in [2.05, 4.69) is 19.6 Å². The summed E-state index contributed by atoms with van der Waals surface area (Å²) in [6, 6.07) is 11.2. The lowest BCUT2D eigenvalue weighted by atomic mass is 9.93. The smallest absolute Gasteiger partial charge is 0.442 e. The van der Waals surface area contributed by atoms with Crippen molar-refractivity contribution in [2.45, 2.75) is 50.7 Å². The van der Waals surface area contributed by atoms with Crippen molar-refractivity contribution < 1.29 is 23.2 Å². The fourth-order valence-electron chi connectivity index (χ4n) is 3.75. The Hall–Kier alpha value is -3.40. The molecule has 1 saturated carbocycles. The number of ether oxygens (including phenoxy) is 3. The third kappa shape index (κ3) is 5.64. The number of anilines is 1. The summed E-state index contributed by atoms with van der Waals surface area (Å²) in [4.78, 5) is 21.1. The number of hydrogen-bond donors (Lipinski definition) is 1. The van der Waals surface area contributed by atoms with E-state index in [1.165, 1.54) is 12.7 Å². The highest BCUT2D eigenvalue weighted by molar-refractivity contribution is 7.93. The summed E-state index contributed by atoms with van der Waals surface area (Å²) in [6.07, 6.45) is 4.22. The molecule has 0 spiro atoms. The minimum atomic E-state index is -2.94. The molecule has 1 unspecified atom stereocenters. The van der Waals surface area contributed by atoms with E-state index in [4.69, 9.17) is 14.2 Å². The number of methoxy groups -OCH3 is 1. The molecule has 1 aromatic heterocycles. The summed E-state index contributed by atoms with van der Waals surface area (Å²) in [5, 5.41) is 4.35. The Morgan fingerprint density at radius 1 is 1.17 bits per heavy atom. The van der Waals surface area contributed by atoms with Gasteiger partial charge in [-0.1, -0.05) is 19.1 Å². The second kappa shape index (κ2) is 10.9. The molecule has 1 aliphatic carbocycles. The molecule has 1 N–H and O–H groups in total. The first-order valence-electron chi connectivity index (χ1n) is 11.7. The summed E-state index contributed by atoms with van der Waals surface area (Å²) in [5.74, 6) is 2.07. The van der Waals surface area contributed by atoms with Gasteiger partial charge in [0.25, 0.3) is 0 Å². The lowest BCUT2D eigenvalue weighted by Gasteiger charge is -2.27. The third-order valence-electron chi connectivity index (χ3n) is 5.91. The molecule has 0 bridgehead atoms. The summed E-state index contributed by atoms with van der Waals surface area (Å²) in [7, 11) is -1.35. The van der Waals surface area contributed by atoms with E-state index in [1.807, 2.05) is 18.2 Å². The fourth-order valence-corrected chi connectivity index (χ4v) is 5.23. The minimum absolute atomic E-state index is 0.173. The molecule has 1 fully saturated rings. The van der Waals surface area contributed by atoms with E-state index in [0.29, 0.717) is 22.4 Å². The van der Waals surface area contributed by atoms with Crippen LogP contribution in [0.5, 0.6) is 11.5 Å². The predicted octanol–water partition coefficient (Wildman–Crippen LogP) is 5.19. The Labute approximate surface area is 205 Å². The molecule has 10 heteroatoms. The summed E-state index contributed by atoms with van der Waals surface area (Å²) >= 11 is 0. The van der Waals surface area contributed by atoms with Gasteiger partial charge < -0.3 is 19.5 Å². The first kappa shape index (κ1) is 24.7. The molecular weight excluding hydrogens is 468 g/mol. The quantitative estimate of drug-likeness (QED) is 0.429. The molecule has 0 radical (unpaired) electrons. The molecule has 1 heterocycles. The Morgan fingerprint density at radius 2 is 2.00 bits per heavy atom. The van der Waals surface area contributed by atoms with Crippen molar-refractivity contribution in [2.24, 2.45) is 4.36 Å². The number of fused-ring (bicyclic) bond motifs is 1. The van der Waals surface area contributed by atoms with Gasteiger partial charge in [-0.25, -0.2) is 19.0 Å². The highest BCUT2D eigenvalue weighted by atomic mass is 32.2. The average molecular weight is 499 g/mol. The van der Waals surface area contributed by atoms with Crippen molar-refractivity contribution in [1.82, 2.24) is 9.97 Å². The van der Waals surface area contributed by atoms with E-state index in [0.717, 1.165) is 35.1 Å².